The summed E-state index contributed by atoms with van der Waals surface area (Å²) < 4.78 is 0. The quantitative estimate of drug-likeness (QED) is 0.324. The summed E-state index contributed by atoms with van der Waals surface area (Å²) in [5.74, 6) is 1.77. The zero-order valence-electron chi connectivity index (χ0n) is 14.5. The number of thioether (sulfide) groups is 1. The van der Waals surface area contributed by atoms with Crippen molar-refractivity contribution in [2.24, 2.45) is 11.5 Å². The molecule has 0 aliphatic carbocycles. The second-order valence-corrected chi connectivity index (χ2v) is 7.55. The highest BCUT2D eigenvalue weighted by molar-refractivity contribution is 7.99. The molecule has 1 atom stereocenters. The van der Waals surface area contributed by atoms with Crippen LogP contribution in [-0.2, 0) is 0 Å². The van der Waals surface area contributed by atoms with Crippen molar-refractivity contribution in [2.75, 3.05) is 11.5 Å². The highest BCUT2D eigenvalue weighted by Gasteiger charge is 2.03. The van der Waals surface area contributed by atoms with E-state index in [0.717, 1.165) is 30.8 Å². The van der Waals surface area contributed by atoms with E-state index in [4.69, 9.17) is 23.7 Å². The van der Waals surface area contributed by atoms with Crippen LogP contribution in [0.5, 0.6) is 0 Å². The van der Waals surface area contributed by atoms with Crippen molar-refractivity contribution < 1.29 is 0 Å². The molecular weight excluding hydrogens is 308 g/mol. The SMILES string of the molecule is CC(C)=CCC/C(C)=C/CC/C(C)=C/CSC[C@@H](N)C(N)=S. The van der Waals surface area contributed by atoms with Crippen molar-refractivity contribution in [1.29, 1.82) is 0 Å². The maximum absolute atomic E-state index is 5.79. The van der Waals surface area contributed by atoms with Gasteiger partial charge in [-0.2, -0.15) is 11.8 Å². The number of nitrogens with two attached hydrogens (primary N) is 2. The molecule has 0 saturated carbocycles. The van der Waals surface area contributed by atoms with E-state index in [9.17, 15) is 0 Å². The molecule has 0 saturated heterocycles. The lowest BCUT2D eigenvalue weighted by Crippen LogP contribution is -2.37. The minimum absolute atomic E-state index is 0.167. The molecule has 0 spiro atoms. The molecule has 4 heteroatoms. The second kappa shape index (κ2) is 12.9. The van der Waals surface area contributed by atoms with Gasteiger partial charge in [0.25, 0.3) is 0 Å². The largest absolute Gasteiger partial charge is 0.392 e. The Bertz CT molecular complexity index is 419. The monoisotopic (exact) mass is 340 g/mol. The topological polar surface area (TPSA) is 52.0 Å². The van der Waals surface area contributed by atoms with E-state index in [-0.39, 0.29) is 6.04 Å². The Morgan fingerprint density at radius 1 is 1.00 bits per heavy atom. The van der Waals surface area contributed by atoms with Gasteiger partial charge in [0.05, 0.1) is 11.0 Å². The van der Waals surface area contributed by atoms with Gasteiger partial charge in [0, 0.05) is 11.5 Å². The predicted molar refractivity (Wildman–Crippen MR) is 107 cm³/mol. The van der Waals surface area contributed by atoms with Gasteiger partial charge in [-0.1, -0.05) is 47.2 Å². The molecule has 0 aliphatic heterocycles. The van der Waals surface area contributed by atoms with Crippen LogP contribution in [0, 0.1) is 0 Å². The van der Waals surface area contributed by atoms with Gasteiger partial charge in [-0.15, -0.1) is 0 Å². The van der Waals surface area contributed by atoms with Gasteiger partial charge >= 0.3 is 0 Å². The molecule has 22 heavy (non-hydrogen) atoms. The van der Waals surface area contributed by atoms with E-state index in [1.807, 2.05) is 0 Å². The zero-order chi connectivity index (χ0) is 17.0. The highest BCUT2D eigenvalue weighted by atomic mass is 32.2. The van der Waals surface area contributed by atoms with Gasteiger partial charge in [0.1, 0.15) is 0 Å². The maximum atomic E-state index is 5.79. The summed E-state index contributed by atoms with van der Waals surface area (Å²) in [7, 11) is 0. The first-order chi connectivity index (χ1) is 10.3. The minimum Gasteiger partial charge on any atom is -0.392 e. The fourth-order valence-electron chi connectivity index (χ4n) is 1.82. The van der Waals surface area contributed by atoms with Crippen molar-refractivity contribution in [2.45, 2.75) is 59.4 Å². The number of allylic oxidation sites excluding steroid dienone is 5. The molecule has 2 nitrogen and oxygen atoms in total. The maximum Gasteiger partial charge on any atom is 0.0906 e. The molecule has 0 rings (SSSR count). The number of rotatable bonds is 11. The van der Waals surface area contributed by atoms with E-state index in [1.165, 1.54) is 23.1 Å². The van der Waals surface area contributed by atoms with Gasteiger partial charge in [-0.25, -0.2) is 0 Å². The van der Waals surface area contributed by atoms with Gasteiger partial charge in [0.2, 0.25) is 0 Å². The molecule has 126 valence electrons. The fraction of sp³-hybridized carbons (Fsp3) is 0.611. The minimum atomic E-state index is -0.167. The van der Waals surface area contributed by atoms with Gasteiger partial charge < -0.3 is 11.5 Å². The van der Waals surface area contributed by atoms with Crippen LogP contribution in [0.4, 0.5) is 0 Å². The average molecular weight is 341 g/mol. The molecule has 0 aromatic rings. The summed E-state index contributed by atoms with van der Waals surface area (Å²) in [6.07, 6.45) is 11.5. The van der Waals surface area contributed by atoms with Crippen LogP contribution in [0.2, 0.25) is 0 Å². The Balaban J connectivity index is 3.87. The molecule has 0 aromatic heterocycles. The number of thiocarbonyl (C=S) groups is 1. The van der Waals surface area contributed by atoms with Crippen LogP contribution in [0.1, 0.15) is 53.4 Å². The van der Waals surface area contributed by atoms with Crippen molar-refractivity contribution in [3.63, 3.8) is 0 Å². The van der Waals surface area contributed by atoms with Crippen LogP contribution in [0.3, 0.4) is 0 Å². The molecule has 0 bridgehead atoms. The first-order valence-corrected chi connectivity index (χ1v) is 9.46. The van der Waals surface area contributed by atoms with E-state index in [0.29, 0.717) is 4.99 Å². The van der Waals surface area contributed by atoms with E-state index in [2.05, 4.69) is 45.9 Å². The molecule has 0 aliphatic rings. The normalized spacial score (nSPS) is 13.9. The Morgan fingerprint density at radius 3 is 2.09 bits per heavy atom. The third-order valence-electron chi connectivity index (χ3n) is 3.34. The van der Waals surface area contributed by atoms with E-state index in [1.54, 1.807) is 11.8 Å². The third kappa shape index (κ3) is 13.1. The highest BCUT2D eigenvalue weighted by Crippen LogP contribution is 2.12. The van der Waals surface area contributed by atoms with Crippen molar-refractivity contribution >= 4 is 29.0 Å². The average Bonchev–Trinajstić information content (AvgIpc) is 2.42. The first-order valence-electron chi connectivity index (χ1n) is 7.90. The van der Waals surface area contributed by atoms with Gasteiger partial charge in [-0.05, 0) is 53.4 Å². The molecule has 0 heterocycles. The number of hydrogen-bond acceptors (Lipinski definition) is 3. The molecular formula is C18H32N2S2. The standard InChI is InChI=1S/C18H32N2S2/c1-14(2)7-5-8-15(3)9-6-10-16(4)11-12-22-13-17(19)18(20)21/h7,9,11,17H,5-6,8,10,12-13,19H2,1-4H3,(H2,20,21)/b15-9+,16-11+/t17-/m1/s1. The van der Waals surface area contributed by atoms with Crippen LogP contribution in [0.15, 0.2) is 34.9 Å². The molecule has 0 amide bonds. The summed E-state index contributed by atoms with van der Waals surface area (Å²) >= 11 is 6.64. The third-order valence-corrected chi connectivity index (χ3v) is 4.64. The van der Waals surface area contributed by atoms with Crippen molar-refractivity contribution in [1.82, 2.24) is 0 Å². The molecule has 0 aromatic carbocycles. The zero-order valence-corrected chi connectivity index (χ0v) is 16.2. The van der Waals surface area contributed by atoms with Crippen LogP contribution in [0.25, 0.3) is 0 Å². The van der Waals surface area contributed by atoms with Crippen molar-refractivity contribution in [3.05, 3.63) is 34.9 Å². The summed E-state index contributed by atoms with van der Waals surface area (Å²) in [5.41, 5.74) is 15.6. The molecule has 0 radical (unpaired) electrons. The molecule has 0 unspecified atom stereocenters. The Kier molecular flexibility index (Phi) is 12.6. The van der Waals surface area contributed by atoms with E-state index >= 15 is 0 Å². The Hall–Kier alpha value is -0.580. The number of hydrogen-bond donors (Lipinski definition) is 2. The van der Waals surface area contributed by atoms with Gasteiger partial charge in [0.15, 0.2) is 0 Å². The lowest BCUT2D eigenvalue weighted by Gasteiger charge is -2.07. The van der Waals surface area contributed by atoms with Crippen molar-refractivity contribution in [3.8, 4) is 0 Å². The predicted octanol–water partition coefficient (Wildman–Crippen LogP) is 4.75. The lowest BCUT2D eigenvalue weighted by atomic mass is 10.1. The van der Waals surface area contributed by atoms with E-state index < -0.39 is 0 Å². The van der Waals surface area contributed by atoms with Gasteiger partial charge in [-0.3, -0.25) is 0 Å². The first kappa shape index (κ1) is 21.4. The summed E-state index contributed by atoms with van der Waals surface area (Å²) in [5, 5.41) is 0. The molecule has 0 fully saturated rings. The Morgan fingerprint density at radius 2 is 1.55 bits per heavy atom. The molecule has 4 N–H and O–H groups in total. The van der Waals surface area contributed by atoms with Crippen LogP contribution in [-0.4, -0.2) is 22.5 Å². The van der Waals surface area contributed by atoms with Crippen LogP contribution < -0.4 is 11.5 Å². The smallest absolute Gasteiger partial charge is 0.0906 e. The Labute approximate surface area is 146 Å². The summed E-state index contributed by atoms with van der Waals surface area (Å²) in [6, 6.07) is -0.167. The summed E-state index contributed by atoms with van der Waals surface area (Å²) in [6.45, 7) is 8.73. The fourth-order valence-corrected chi connectivity index (χ4v) is 2.98. The van der Waals surface area contributed by atoms with Crippen LogP contribution >= 0.6 is 24.0 Å². The second-order valence-electron chi connectivity index (χ2n) is 6.01. The summed E-state index contributed by atoms with van der Waals surface area (Å²) in [4.78, 5) is 0.405. The lowest BCUT2D eigenvalue weighted by molar-refractivity contribution is 0.917.